The highest BCUT2D eigenvalue weighted by Crippen LogP contribution is 2.52. The number of aliphatic carboxylic acids is 1. The zero-order valence-electron chi connectivity index (χ0n) is 22.0. The van der Waals surface area contributed by atoms with Crippen LogP contribution in [0.2, 0.25) is 0 Å². The number of carboxylic acids is 1. The average molecular weight is 517 g/mol. The van der Waals surface area contributed by atoms with Crippen LogP contribution in [0, 0.1) is 0 Å². The van der Waals surface area contributed by atoms with Gasteiger partial charge in [-0.25, -0.2) is 0 Å². The minimum atomic E-state index is -1.11. The molecule has 2 atom stereocenters. The molecule has 1 spiro atoms. The Bertz CT molecular complexity index is 1360. The van der Waals surface area contributed by atoms with E-state index in [1.165, 1.54) is 5.56 Å². The molecule has 8 heteroatoms. The first-order valence-electron chi connectivity index (χ1n) is 13.3. The van der Waals surface area contributed by atoms with Gasteiger partial charge in [0.1, 0.15) is 6.04 Å². The summed E-state index contributed by atoms with van der Waals surface area (Å²) in [5, 5.41) is 13.4. The van der Waals surface area contributed by atoms with Gasteiger partial charge < -0.3 is 26.0 Å². The van der Waals surface area contributed by atoms with E-state index in [1.807, 2.05) is 47.5 Å². The Morgan fingerprint density at radius 3 is 2.53 bits per heavy atom. The van der Waals surface area contributed by atoms with Crippen molar-refractivity contribution in [1.82, 2.24) is 15.2 Å². The molecule has 2 aromatic carbocycles. The Morgan fingerprint density at radius 2 is 1.82 bits per heavy atom. The van der Waals surface area contributed by atoms with E-state index in [2.05, 4.69) is 22.4 Å². The molecule has 2 aliphatic rings. The van der Waals surface area contributed by atoms with Gasteiger partial charge in [0, 0.05) is 36.6 Å². The largest absolute Gasteiger partial charge is 0.481 e. The van der Waals surface area contributed by atoms with Crippen molar-refractivity contribution in [2.45, 2.75) is 68.9 Å². The monoisotopic (exact) mass is 516 g/mol. The van der Waals surface area contributed by atoms with Crippen molar-refractivity contribution in [3.63, 3.8) is 0 Å². The molecule has 5 rings (SSSR count). The molecule has 1 fully saturated rings. The molecule has 1 aliphatic heterocycles. The number of H-pyrrole nitrogens is 1. The SMILES string of the molecule is CC(C)(N)C(=O)NC(Cc1c[nH]c2ccccc12)C(=O)N1CCC2(CC1)C[C@H](CC(=O)O)c1ccccc12. The maximum Gasteiger partial charge on any atom is 0.303 e. The number of hydrogen-bond donors (Lipinski definition) is 4. The number of nitrogens with zero attached hydrogens (tertiary/aromatic N) is 1. The van der Waals surface area contributed by atoms with Crippen LogP contribution >= 0.6 is 0 Å². The van der Waals surface area contributed by atoms with Gasteiger partial charge in [-0.15, -0.1) is 0 Å². The van der Waals surface area contributed by atoms with Crippen molar-refractivity contribution in [3.05, 3.63) is 71.4 Å². The minimum absolute atomic E-state index is 0.00774. The van der Waals surface area contributed by atoms with E-state index in [-0.39, 0.29) is 29.6 Å². The summed E-state index contributed by atoms with van der Waals surface area (Å²) in [5.41, 5.74) is 9.12. The molecule has 0 bridgehead atoms. The van der Waals surface area contributed by atoms with Crippen LogP contribution in [-0.2, 0) is 26.2 Å². The Balaban J connectivity index is 1.35. The molecule has 0 radical (unpaired) electrons. The summed E-state index contributed by atoms with van der Waals surface area (Å²) in [5.74, 6) is -1.28. The van der Waals surface area contributed by atoms with E-state index in [0.717, 1.165) is 41.3 Å². The topological polar surface area (TPSA) is 129 Å². The molecule has 38 heavy (non-hydrogen) atoms. The highest BCUT2D eigenvalue weighted by atomic mass is 16.4. The zero-order chi connectivity index (χ0) is 27.1. The molecule has 2 amide bonds. The first-order chi connectivity index (χ1) is 18.1. The lowest BCUT2D eigenvalue weighted by molar-refractivity contribution is -0.138. The predicted molar refractivity (Wildman–Crippen MR) is 146 cm³/mol. The summed E-state index contributed by atoms with van der Waals surface area (Å²) in [6.07, 6.45) is 4.69. The first-order valence-corrected chi connectivity index (χ1v) is 13.3. The van der Waals surface area contributed by atoms with Crippen LogP contribution in [0.25, 0.3) is 10.9 Å². The summed E-state index contributed by atoms with van der Waals surface area (Å²) >= 11 is 0. The molecular formula is C30H36N4O4. The van der Waals surface area contributed by atoms with Gasteiger partial charge in [-0.1, -0.05) is 42.5 Å². The fourth-order valence-corrected chi connectivity index (χ4v) is 6.33. The fourth-order valence-electron chi connectivity index (χ4n) is 6.33. The van der Waals surface area contributed by atoms with Crippen molar-refractivity contribution in [1.29, 1.82) is 0 Å². The Kier molecular flexibility index (Phi) is 6.77. The molecule has 200 valence electrons. The van der Waals surface area contributed by atoms with Crippen molar-refractivity contribution >= 4 is 28.7 Å². The van der Waals surface area contributed by atoms with Crippen molar-refractivity contribution < 1.29 is 19.5 Å². The Labute approximate surface area is 222 Å². The highest BCUT2D eigenvalue weighted by Gasteiger charge is 2.46. The molecule has 1 aromatic heterocycles. The lowest BCUT2D eigenvalue weighted by atomic mass is 9.73. The van der Waals surface area contributed by atoms with E-state index in [1.54, 1.807) is 13.8 Å². The second-order valence-corrected chi connectivity index (χ2v) is 11.5. The molecule has 1 saturated heterocycles. The van der Waals surface area contributed by atoms with E-state index < -0.39 is 17.6 Å². The van der Waals surface area contributed by atoms with Crippen LogP contribution in [0.4, 0.5) is 0 Å². The van der Waals surface area contributed by atoms with Crippen LogP contribution in [0.15, 0.2) is 54.7 Å². The molecular weight excluding hydrogens is 480 g/mol. The van der Waals surface area contributed by atoms with Crippen molar-refractivity contribution in [2.24, 2.45) is 5.73 Å². The number of nitrogens with two attached hydrogens (primary N) is 1. The third kappa shape index (κ3) is 4.92. The number of nitrogens with one attached hydrogen (secondary N) is 2. The number of likely N-dealkylation sites (tertiary alicyclic amines) is 1. The number of fused-ring (bicyclic) bond motifs is 3. The lowest BCUT2D eigenvalue weighted by Crippen LogP contribution is -2.58. The predicted octanol–water partition coefficient (Wildman–Crippen LogP) is 3.45. The molecule has 5 N–H and O–H groups in total. The number of benzene rings is 2. The summed E-state index contributed by atoms with van der Waals surface area (Å²) in [6.45, 7) is 4.37. The normalized spacial score (nSPS) is 19.3. The number of aromatic nitrogens is 1. The summed E-state index contributed by atoms with van der Waals surface area (Å²) in [7, 11) is 0. The Hall–Kier alpha value is -3.65. The standard InChI is InChI=1S/C30H36N4O4/c1-29(2,31)28(38)33-25(15-20-18-32-24-10-6-4-8-22(20)24)27(37)34-13-11-30(12-14-34)17-19(16-26(35)36)21-7-3-5-9-23(21)30/h3-10,18-19,25,32H,11-17,31H2,1-2H3,(H,33,38)(H,35,36)/t19-,25?/m0/s1. The van der Waals surface area contributed by atoms with Gasteiger partial charge in [0.15, 0.2) is 0 Å². The molecule has 0 saturated carbocycles. The molecule has 2 heterocycles. The van der Waals surface area contributed by atoms with Gasteiger partial charge in [-0.05, 0) is 67.2 Å². The quantitative estimate of drug-likeness (QED) is 0.382. The molecule has 1 unspecified atom stereocenters. The van der Waals surface area contributed by atoms with Crippen LogP contribution in [-0.4, -0.2) is 57.4 Å². The van der Waals surface area contributed by atoms with Crippen LogP contribution in [0.5, 0.6) is 0 Å². The number of rotatable bonds is 7. The van der Waals surface area contributed by atoms with Gasteiger partial charge in [-0.3, -0.25) is 14.4 Å². The molecule has 1 aliphatic carbocycles. The second-order valence-electron chi connectivity index (χ2n) is 11.5. The zero-order valence-corrected chi connectivity index (χ0v) is 22.0. The summed E-state index contributed by atoms with van der Waals surface area (Å²) in [6, 6.07) is 15.3. The summed E-state index contributed by atoms with van der Waals surface area (Å²) in [4.78, 5) is 43.3. The van der Waals surface area contributed by atoms with E-state index in [4.69, 9.17) is 5.73 Å². The third-order valence-electron chi connectivity index (χ3n) is 8.35. The maximum atomic E-state index is 13.9. The van der Waals surface area contributed by atoms with Gasteiger partial charge in [0.2, 0.25) is 11.8 Å². The number of amides is 2. The smallest absolute Gasteiger partial charge is 0.303 e. The number of carboxylic acid groups (broad SMARTS) is 1. The third-order valence-corrected chi connectivity index (χ3v) is 8.35. The van der Waals surface area contributed by atoms with Crippen LogP contribution in [0.3, 0.4) is 0 Å². The van der Waals surface area contributed by atoms with E-state index in [9.17, 15) is 19.5 Å². The average Bonchev–Trinajstić information content (AvgIpc) is 3.42. The first kappa shape index (κ1) is 26.0. The van der Waals surface area contributed by atoms with Crippen molar-refractivity contribution in [3.8, 4) is 0 Å². The minimum Gasteiger partial charge on any atom is -0.481 e. The fraction of sp³-hybridized carbons (Fsp3) is 0.433. The van der Waals surface area contributed by atoms with Gasteiger partial charge in [0.25, 0.3) is 0 Å². The van der Waals surface area contributed by atoms with Gasteiger partial charge in [0.05, 0.1) is 12.0 Å². The van der Waals surface area contributed by atoms with E-state index >= 15 is 0 Å². The van der Waals surface area contributed by atoms with Crippen LogP contribution in [0.1, 0.15) is 62.1 Å². The van der Waals surface area contributed by atoms with Crippen LogP contribution < -0.4 is 11.1 Å². The number of carbonyl (C=O) groups excluding carboxylic acids is 2. The van der Waals surface area contributed by atoms with Gasteiger partial charge >= 0.3 is 5.97 Å². The second kappa shape index (κ2) is 9.91. The molecule has 8 nitrogen and oxygen atoms in total. The number of piperidine rings is 1. The number of hydrogen-bond acceptors (Lipinski definition) is 4. The lowest BCUT2D eigenvalue weighted by Gasteiger charge is -2.41. The Morgan fingerprint density at radius 1 is 1.13 bits per heavy atom. The molecule has 3 aromatic rings. The highest BCUT2D eigenvalue weighted by molar-refractivity contribution is 5.92. The number of carbonyl (C=O) groups is 3. The van der Waals surface area contributed by atoms with E-state index in [0.29, 0.717) is 19.5 Å². The summed E-state index contributed by atoms with van der Waals surface area (Å²) < 4.78 is 0. The number of para-hydroxylation sites is 1. The van der Waals surface area contributed by atoms with Gasteiger partial charge in [-0.2, -0.15) is 0 Å². The maximum absolute atomic E-state index is 13.9. The van der Waals surface area contributed by atoms with Crippen molar-refractivity contribution in [2.75, 3.05) is 13.1 Å². The number of aromatic amines is 1.